The summed E-state index contributed by atoms with van der Waals surface area (Å²) < 4.78 is 5.92. The van der Waals surface area contributed by atoms with Gasteiger partial charge < -0.3 is 9.84 Å². The molecule has 156 valence electrons. The second-order valence-corrected chi connectivity index (χ2v) is 8.87. The third-order valence-corrected chi connectivity index (χ3v) is 6.79. The number of aliphatic carboxylic acids is 1. The van der Waals surface area contributed by atoms with Crippen molar-refractivity contribution in [1.29, 1.82) is 0 Å². The Bertz CT molecular complexity index is 470. The lowest BCUT2D eigenvalue weighted by atomic mass is 9.68. The van der Waals surface area contributed by atoms with Gasteiger partial charge in [-0.25, -0.2) is 0 Å². The van der Waals surface area contributed by atoms with Gasteiger partial charge in [0.25, 0.3) is 0 Å². The molecule has 3 atom stereocenters. The highest BCUT2D eigenvalue weighted by molar-refractivity contribution is 5.68. The minimum atomic E-state index is -0.681. The Hall–Kier alpha value is -0.830. The Morgan fingerprint density at radius 1 is 1.04 bits per heavy atom. The van der Waals surface area contributed by atoms with Gasteiger partial charge in [-0.05, 0) is 37.7 Å². The van der Waals surface area contributed by atoms with Gasteiger partial charge in [0.1, 0.15) is 6.10 Å². The van der Waals surface area contributed by atoms with E-state index in [1.807, 2.05) is 0 Å². The molecule has 1 saturated heterocycles. The number of allylic oxidation sites excluding steroid dienone is 1. The van der Waals surface area contributed by atoms with Gasteiger partial charge in [-0.1, -0.05) is 84.1 Å². The zero-order valence-corrected chi connectivity index (χ0v) is 17.8. The molecule has 3 heteroatoms. The lowest BCUT2D eigenvalue weighted by Gasteiger charge is -2.33. The van der Waals surface area contributed by atoms with E-state index < -0.39 is 5.97 Å². The second kappa shape index (κ2) is 11.9. The number of epoxide rings is 1. The minimum Gasteiger partial charge on any atom is -0.481 e. The summed E-state index contributed by atoms with van der Waals surface area (Å²) >= 11 is 0. The Labute approximate surface area is 167 Å². The molecule has 1 heterocycles. The van der Waals surface area contributed by atoms with Crippen LogP contribution in [0.25, 0.3) is 0 Å². The number of carboxylic acids is 1. The standard InChI is InChI=1S/C24H42O3/c1-3-5-6-7-8-9-10-11-12-13-14-15-16-20-17-18-24(4-2,19-21(25)26)23-22(20)27-23/h16,22-23H,3-15,17-19H2,1-2H3,(H,25,26)/t22-,23-,24+/m1/s1. The highest BCUT2D eigenvalue weighted by Gasteiger charge is 2.58. The van der Waals surface area contributed by atoms with E-state index in [9.17, 15) is 9.90 Å². The van der Waals surface area contributed by atoms with Crippen molar-refractivity contribution < 1.29 is 14.6 Å². The van der Waals surface area contributed by atoms with Crippen LogP contribution in [0.1, 0.15) is 117 Å². The van der Waals surface area contributed by atoms with E-state index in [1.165, 1.54) is 76.2 Å². The lowest BCUT2D eigenvalue weighted by Crippen LogP contribution is -2.34. The van der Waals surface area contributed by atoms with Crippen molar-refractivity contribution in [3.8, 4) is 0 Å². The van der Waals surface area contributed by atoms with E-state index in [2.05, 4.69) is 19.9 Å². The number of carbonyl (C=O) groups is 1. The summed E-state index contributed by atoms with van der Waals surface area (Å²) in [5.74, 6) is -0.681. The second-order valence-electron chi connectivity index (χ2n) is 8.87. The van der Waals surface area contributed by atoms with Crippen molar-refractivity contribution in [2.45, 2.75) is 129 Å². The van der Waals surface area contributed by atoms with Crippen molar-refractivity contribution in [3.63, 3.8) is 0 Å². The van der Waals surface area contributed by atoms with E-state index >= 15 is 0 Å². The molecule has 1 saturated carbocycles. The quantitative estimate of drug-likeness (QED) is 0.189. The molecule has 0 aromatic carbocycles. The number of hydrogen-bond acceptors (Lipinski definition) is 2. The summed E-state index contributed by atoms with van der Waals surface area (Å²) in [5, 5.41) is 9.22. The summed E-state index contributed by atoms with van der Waals surface area (Å²) in [5.41, 5.74) is 1.33. The number of fused-ring (bicyclic) bond motifs is 1. The maximum Gasteiger partial charge on any atom is 0.304 e. The third-order valence-electron chi connectivity index (χ3n) is 6.79. The van der Waals surface area contributed by atoms with Crippen LogP contribution in [0.2, 0.25) is 0 Å². The van der Waals surface area contributed by atoms with Crippen LogP contribution in [-0.2, 0) is 9.53 Å². The maximum atomic E-state index is 11.2. The summed E-state index contributed by atoms with van der Waals surface area (Å²) in [4.78, 5) is 11.2. The van der Waals surface area contributed by atoms with Crippen LogP contribution in [0.5, 0.6) is 0 Å². The molecule has 0 bridgehead atoms. The van der Waals surface area contributed by atoms with Crippen molar-refractivity contribution in [2.24, 2.45) is 5.41 Å². The van der Waals surface area contributed by atoms with Gasteiger partial charge in [-0.15, -0.1) is 0 Å². The fourth-order valence-corrected chi connectivity index (χ4v) is 4.85. The molecule has 2 aliphatic rings. The van der Waals surface area contributed by atoms with E-state index in [4.69, 9.17) is 4.74 Å². The fourth-order valence-electron chi connectivity index (χ4n) is 4.85. The van der Waals surface area contributed by atoms with Crippen molar-refractivity contribution in [2.75, 3.05) is 0 Å². The molecule has 2 fully saturated rings. The molecule has 3 nitrogen and oxygen atoms in total. The maximum absolute atomic E-state index is 11.2. The van der Waals surface area contributed by atoms with E-state index in [0.717, 1.165) is 25.7 Å². The van der Waals surface area contributed by atoms with Crippen LogP contribution in [0.3, 0.4) is 0 Å². The summed E-state index contributed by atoms with van der Waals surface area (Å²) in [6, 6.07) is 0. The number of unbranched alkanes of at least 4 members (excludes halogenated alkanes) is 11. The Morgan fingerprint density at radius 2 is 1.63 bits per heavy atom. The van der Waals surface area contributed by atoms with Gasteiger partial charge in [0.05, 0.1) is 12.5 Å². The summed E-state index contributed by atoms with van der Waals surface area (Å²) in [6.07, 6.45) is 22.4. The average molecular weight is 379 g/mol. The van der Waals surface area contributed by atoms with Crippen LogP contribution >= 0.6 is 0 Å². The van der Waals surface area contributed by atoms with Gasteiger partial charge >= 0.3 is 5.97 Å². The zero-order chi connectivity index (χ0) is 19.5. The molecule has 0 unspecified atom stereocenters. The predicted molar refractivity (Wildman–Crippen MR) is 112 cm³/mol. The van der Waals surface area contributed by atoms with Crippen molar-refractivity contribution >= 4 is 5.97 Å². The van der Waals surface area contributed by atoms with Crippen molar-refractivity contribution in [1.82, 2.24) is 0 Å². The van der Waals surface area contributed by atoms with Gasteiger partial charge in [0.15, 0.2) is 0 Å². The topological polar surface area (TPSA) is 49.8 Å². The average Bonchev–Trinajstić information content (AvgIpc) is 3.45. The molecule has 0 aromatic rings. The summed E-state index contributed by atoms with van der Waals surface area (Å²) in [6.45, 7) is 4.39. The van der Waals surface area contributed by atoms with Crippen LogP contribution in [0.4, 0.5) is 0 Å². The van der Waals surface area contributed by atoms with Crippen LogP contribution in [-0.4, -0.2) is 23.3 Å². The first-order valence-corrected chi connectivity index (χ1v) is 11.7. The zero-order valence-electron chi connectivity index (χ0n) is 17.8. The first-order chi connectivity index (χ1) is 13.1. The van der Waals surface area contributed by atoms with Gasteiger partial charge in [0.2, 0.25) is 0 Å². The smallest absolute Gasteiger partial charge is 0.304 e. The number of carboxylic acid groups (broad SMARTS) is 1. The molecule has 1 aliphatic carbocycles. The first kappa shape index (κ1) is 22.5. The third kappa shape index (κ3) is 7.25. The molecular weight excluding hydrogens is 336 g/mol. The van der Waals surface area contributed by atoms with E-state index in [1.54, 1.807) is 0 Å². The fraction of sp³-hybridized carbons (Fsp3) is 0.875. The SMILES string of the molecule is CCCCCCCCCCCCCC=C1CC[C@@](CC)(CC(=O)O)[C@@H]2O[C@H]12. The van der Waals surface area contributed by atoms with E-state index in [-0.39, 0.29) is 24.0 Å². The largest absolute Gasteiger partial charge is 0.481 e. The molecule has 0 spiro atoms. The van der Waals surface area contributed by atoms with Crippen molar-refractivity contribution in [3.05, 3.63) is 11.6 Å². The van der Waals surface area contributed by atoms with Crippen LogP contribution < -0.4 is 0 Å². The normalized spacial score (nSPS) is 28.3. The molecule has 0 radical (unpaired) electrons. The van der Waals surface area contributed by atoms with E-state index in [0.29, 0.717) is 0 Å². The molecule has 2 rings (SSSR count). The molecule has 0 amide bonds. The van der Waals surface area contributed by atoms with Crippen LogP contribution in [0.15, 0.2) is 11.6 Å². The highest BCUT2D eigenvalue weighted by Crippen LogP contribution is 2.54. The van der Waals surface area contributed by atoms with Crippen LogP contribution in [0, 0.1) is 5.41 Å². The Balaban J connectivity index is 1.52. The Kier molecular flexibility index (Phi) is 9.89. The molecule has 0 aromatic heterocycles. The minimum absolute atomic E-state index is 0.121. The molecule has 1 N–H and O–H groups in total. The monoisotopic (exact) mass is 378 g/mol. The van der Waals surface area contributed by atoms with Gasteiger partial charge in [-0.2, -0.15) is 0 Å². The number of hydrogen-bond donors (Lipinski definition) is 1. The van der Waals surface area contributed by atoms with Gasteiger partial charge in [0, 0.05) is 5.41 Å². The number of ether oxygens (including phenoxy) is 1. The highest BCUT2D eigenvalue weighted by atomic mass is 16.6. The first-order valence-electron chi connectivity index (χ1n) is 11.7. The number of rotatable bonds is 15. The lowest BCUT2D eigenvalue weighted by molar-refractivity contribution is -0.140. The molecule has 1 aliphatic heterocycles. The Morgan fingerprint density at radius 3 is 2.19 bits per heavy atom. The molecular formula is C24H42O3. The molecule has 27 heavy (non-hydrogen) atoms. The predicted octanol–water partition coefficient (Wildman–Crippen LogP) is 7.05. The summed E-state index contributed by atoms with van der Waals surface area (Å²) in [7, 11) is 0. The van der Waals surface area contributed by atoms with Gasteiger partial charge in [-0.3, -0.25) is 4.79 Å².